The van der Waals surface area contributed by atoms with Gasteiger partial charge in [-0.05, 0) is 12.8 Å². The predicted molar refractivity (Wildman–Crippen MR) is 94.1 cm³/mol. The number of hydrazine groups is 3. The predicted octanol–water partition coefficient (Wildman–Crippen LogP) is -4.09. The van der Waals surface area contributed by atoms with Crippen molar-refractivity contribution in [1.82, 2.24) is 21.4 Å². The lowest BCUT2D eigenvalue weighted by Crippen LogP contribution is -2.46. The van der Waals surface area contributed by atoms with E-state index in [4.69, 9.17) is 20.4 Å². The highest BCUT2D eigenvalue weighted by Gasteiger charge is 2.31. The van der Waals surface area contributed by atoms with Gasteiger partial charge in [0.1, 0.15) is 12.2 Å². The lowest BCUT2D eigenvalue weighted by Gasteiger charge is -2.26. The van der Waals surface area contributed by atoms with Gasteiger partial charge in [0.25, 0.3) is 0 Å². The van der Waals surface area contributed by atoms with Crippen LogP contribution in [0.1, 0.15) is 19.3 Å². The molecule has 0 aromatic heterocycles. The van der Waals surface area contributed by atoms with Gasteiger partial charge in [-0.25, -0.2) is 5.84 Å². The summed E-state index contributed by atoms with van der Waals surface area (Å²) in [7, 11) is -4.22. The molecule has 1 aliphatic rings. The molecular weight excluding hydrogens is 401 g/mol. The van der Waals surface area contributed by atoms with Gasteiger partial charge in [-0.15, -0.1) is 5.53 Å². The second-order valence-corrected chi connectivity index (χ2v) is 7.96. The van der Waals surface area contributed by atoms with Crippen LogP contribution in [-0.4, -0.2) is 85.0 Å². The molecule has 0 bridgehead atoms. The second-order valence-electron chi connectivity index (χ2n) is 6.18. The molecule has 1 unspecified atom stereocenters. The highest BCUT2D eigenvalue weighted by molar-refractivity contribution is 7.51. The van der Waals surface area contributed by atoms with Crippen LogP contribution in [0.15, 0.2) is 11.9 Å². The number of carbonyl (C=O) groups excluding carboxylic acids is 1. The first-order valence-electron chi connectivity index (χ1n) is 8.40. The van der Waals surface area contributed by atoms with Gasteiger partial charge in [0.15, 0.2) is 6.29 Å². The van der Waals surface area contributed by atoms with E-state index in [9.17, 15) is 29.8 Å². The molecular formula is C13H28N5O9P. The van der Waals surface area contributed by atoms with Crippen molar-refractivity contribution >= 4 is 13.5 Å². The van der Waals surface area contributed by atoms with Crippen LogP contribution in [0.25, 0.3) is 0 Å². The molecule has 164 valence electrons. The molecule has 1 rings (SSSR count). The highest BCUT2D eigenvalue weighted by atomic mass is 31.2. The third-order valence-corrected chi connectivity index (χ3v) is 4.71. The SMILES string of the molecule is NNC(=O)CCN1C=C(CO[C@@H](O)[C@H](O)C(O)[C@H](O)CCCP(=O)(O)O)NN1. The molecule has 0 aliphatic carbocycles. The summed E-state index contributed by atoms with van der Waals surface area (Å²) in [5, 5.41) is 40.8. The number of nitrogens with one attached hydrogen (secondary N) is 3. The van der Waals surface area contributed by atoms with Crippen molar-refractivity contribution in [3.05, 3.63) is 11.9 Å². The lowest BCUT2D eigenvalue weighted by atomic mass is 10.0. The molecule has 28 heavy (non-hydrogen) atoms. The lowest BCUT2D eigenvalue weighted by molar-refractivity contribution is -0.199. The van der Waals surface area contributed by atoms with Crippen molar-refractivity contribution in [2.75, 3.05) is 19.3 Å². The Hall–Kier alpha value is -1.32. The maximum absolute atomic E-state index is 11.1. The van der Waals surface area contributed by atoms with Crippen LogP contribution in [0.2, 0.25) is 0 Å². The molecule has 11 N–H and O–H groups in total. The van der Waals surface area contributed by atoms with E-state index in [0.717, 1.165) is 0 Å². The average Bonchev–Trinajstić information content (AvgIpc) is 3.09. The van der Waals surface area contributed by atoms with Gasteiger partial charge in [-0.1, -0.05) is 0 Å². The number of aliphatic hydroxyl groups is 4. The van der Waals surface area contributed by atoms with Crippen LogP contribution in [-0.2, 0) is 14.1 Å². The number of rotatable bonds is 13. The summed E-state index contributed by atoms with van der Waals surface area (Å²) >= 11 is 0. The number of amides is 1. The van der Waals surface area contributed by atoms with Gasteiger partial charge in [-0.2, -0.15) is 0 Å². The van der Waals surface area contributed by atoms with Gasteiger partial charge >= 0.3 is 7.60 Å². The largest absolute Gasteiger partial charge is 0.390 e. The third kappa shape index (κ3) is 9.25. The summed E-state index contributed by atoms with van der Waals surface area (Å²) in [6.45, 7) is 0.107. The zero-order valence-electron chi connectivity index (χ0n) is 15.0. The zero-order valence-corrected chi connectivity index (χ0v) is 15.9. The fraction of sp³-hybridized carbons (Fsp3) is 0.769. The number of hydrogen-bond acceptors (Lipinski definition) is 11. The van der Waals surface area contributed by atoms with Crippen molar-refractivity contribution in [2.45, 2.75) is 43.9 Å². The summed E-state index contributed by atoms with van der Waals surface area (Å²) in [5.74, 6) is 4.62. The van der Waals surface area contributed by atoms with E-state index < -0.39 is 38.4 Å². The van der Waals surface area contributed by atoms with E-state index in [0.29, 0.717) is 12.2 Å². The standard InChI is InChI=1S/C13H28N5O9P/c14-15-10(20)3-4-18-6-8(16-17-18)7-27-13(23)12(22)11(21)9(19)2-1-5-28(24,25)26/h6,9,11-13,16-17,19,21-23H,1-5,7,14H2,(H,15,20)(H2,24,25,26)/t9-,11?,12-,13-/m1/s1. The number of carbonyl (C=O) groups is 1. The summed E-state index contributed by atoms with van der Waals surface area (Å²) in [6.07, 6.45) is -6.00. The van der Waals surface area contributed by atoms with E-state index in [1.807, 2.05) is 5.43 Å². The van der Waals surface area contributed by atoms with Gasteiger partial charge in [-0.3, -0.25) is 19.8 Å². The molecule has 0 radical (unpaired) electrons. The molecule has 15 heteroatoms. The van der Waals surface area contributed by atoms with E-state index in [2.05, 4.69) is 11.0 Å². The van der Waals surface area contributed by atoms with Gasteiger partial charge in [0, 0.05) is 25.3 Å². The van der Waals surface area contributed by atoms with Crippen molar-refractivity contribution in [1.29, 1.82) is 0 Å². The van der Waals surface area contributed by atoms with Crippen LogP contribution in [0.4, 0.5) is 0 Å². The van der Waals surface area contributed by atoms with Crippen LogP contribution >= 0.6 is 7.60 Å². The monoisotopic (exact) mass is 429 g/mol. The molecule has 0 saturated heterocycles. The fourth-order valence-electron chi connectivity index (χ4n) is 2.23. The van der Waals surface area contributed by atoms with Crippen LogP contribution in [0.3, 0.4) is 0 Å². The van der Waals surface area contributed by atoms with Gasteiger partial charge in [0.05, 0.1) is 18.4 Å². The van der Waals surface area contributed by atoms with E-state index in [-0.39, 0.29) is 31.8 Å². The van der Waals surface area contributed by atoms with Crippen molar-refractivity contribution in [2.24, 2.45) is 5.84 Å². The zero-order chi connectivity index (χ0) is 21.3. The Morgan fingerprint density at radius 3 is 2.57 bits per heavy atom. The quantitative estimate of drug-likeness (QED) is 0.0442. The summed E-state index contributed by atoms with van der Waals surface area (Å²) in [6, 6.07) is 0. The molecule has 1 amide bonds. The fourth-order valence-corrected chi connectivity index (χ4v) is 2.83. The van der Waals surface area contributed by atoms with Gasteiger partial charge in [0.2, 0.25) is 5.91 Å². The maximum Gasteiger partial charge on any atom is 0.325 e. The number of hydrogen-bond donors (Lipinski definition) is 10. The minimum absolute atomic E-state index is 0.0767. The number of aliphatic hydroxyl groups excluding tert-OH is 4. The normalized spacial score (nSPS) is 18.8. The number of nitrogens with zero attached hydrogens (tertiary/aromatic N) is 1. The third-order valence-electron chi connectivity index (χ3n) is 3.81. The first-order valence-corrected chi connectivity index (χ1v) is 10.2. The molecule has 0 spiro atoms. The first kappa shape index (κ1) is 24.7. The van der Waals surface area contributed by atoms with Gasteiger partial charge < -0.3 is 40.4 Å². The topological polar surface area (TPSA) is 230 Å². The number of ether oxygens (including phenoxy) is 1. The van der Waals surface area contributed by atoms with Crippen molar-refractivity contribution < 1.29 is 44.3 Å². The Morgan fingerprint density at radius 1 is 1.29 bits per heavy atom. The maximum atomic E-state index is 11.1. The Labute approximate surface area is 161 Å². The Morgan fingerprint density at radius 2 is 1.96 bits per heavy atom. The van der Waals surface area contributed by atoms with Crippen molar-refractivity contribution in [3.8, 4) is 0 Å². The Kier molecular flexibility index (Phi) is 10.3. The molecule has 4 atom stereocenters. The molecule has 0 saturated carbocycles. The van der Waals surface area contributed by atoms with E-state index >= 15 is 0 Å². The average molecular weight is 429 g/mol. The molecule has 0 aromatic rings. The Bertz CT molecular complexity index is 575. The molecule has 1 aliphatic heterocycles. The molecule has 1 heterocycles. The van der Waals surface area contributed by atoms with Crippen LogP contribution < -0.4 is 22.2 Å². The minimum atomic E-state index is -4.22. The Balaban J connectivity index is 2.36. The summed E-state index contributed by atoms with van der Waals surface area (Å²) in [5.41, 5.74) is 7.86. The molecule has 14 nitrogen and oxygen atoms in total. The molecule has 0 aromatic carbocycles. The summed E-state index contributed by atoms with van der Waals surface area (Å²) in [4.78, 5) is 28.6. The number of nitrogens with two attached hydrogens (primary N) is 1. The minimum Gasteiger partial charge on any atom is -0.390 e. The second kappa shape index (κ2) is 11.6. The smallest absolute Gasteiger partial charge is 0.325 e. The highest BCUT2D eigenvalue weighted by Crippen LogP contribution is 2.35. The van der Waals surface area contributed by atoms with E-state index in [1.54, 1.807) is 6.20 Å². The van der Waals surface area contributed by atoms with Crippen LogP contribution in [0, 0.1) is 0 Å². The molecule has 0 fully saturated rings. The first-order chi connectivity index (χ1) is 13.0. The summed E-state index contributed by atoms with van der Waals surface area (Å²) < 4.78 is 15.8. The van der Waals surface area contributed by atoms with E-state index in [1.165, 1.54) is 5.01 Å². The van der Waals surface area contributed by atoms with Crippen molar-refractivity contribution in [3.63, 3.8) is 0 Å². The van der Waals surface area contributed by atoms with Crippen LogP contribution in [0.5, 0.6) is 0 Å².